The standard InChI is InChI=1S/C16H33BO4/c1-12(2)11-14(3,4)13(18)21-17-16(7,8)20-10-9-15(5,6)19/h12,17,19H,9-11H2,1-8H3. The van der Waals surface area contributed by atoms with Gasteiger partial charge in [-0.3, -0.25) is 4.79 Å². The van der Waals surface area contributed by atoms with Crippen molar-refractivity contribution in [3.63, 3.8) is 0 Å². The normalized spacial score (nSPS) is 13.4. The molecule has 0 aliphatic carbocycles. The molecule has 0 aromatic carbocycles. The van der Waals surface area contributed by atoms with Crippen molar-refractivity contribution in [1.82, 2.24) is 0 Å². The fraction of sp³-hybridized carbons (Fsp3) is 0.938. The van der Waals surface area contributed by atoms with E-state index >= 15 is 0 Å². The summed E-state index contributed by atoms with van der Waals surface area (Å²) in [5, 5.41) is 9.66. The predicted molar refractivity (Wildman–Crippen MR) is 87.4 cm³/mol. The van der Waals surface area contributed by atoms with Gasteiger partial charge in [-0.05, 0) is 60.3 Å². The molecule has 5 heteroatoms. The molecule has 0 unspecified atom stereocenters. The van der Waals surface area contributed by atoms with Crippen LogP contribution < -0.4 is 0 Å². The van der Waals surface area contributed by atoms with E-state index in [0.29, 0.717) is 18.9 Å². The summed E-state index contributed by atoms with van der Waals surface area (Å²) in [6.07, 6.45) is 1.34. The van der Waals surface area contributed by atoms with Crippen molar-refractivity contribution in [1.29, 1.82) is 0 Å². The quantitative estimate of drug-likeness (QED) is 0.665. The lowest BCUT2D eigenvalue weighted by atomic mass is 9.76. The first-order valence-electron chi connectivity index (χ1n) is 7.79. The van der Waals surface area contributed by atoms with Crippen molar-refractivity contribution in [2.75, 3.05) is 6.61 Å². The van der Waals surface area contributed by atoms with Crippen molar-refractivity contribution in [3.8, 4) is 0 Å². The van der Waals surface area contributed by atoms with Crippen LogP contribution in [-0.4, -0.2) is 36.3 Å². The largest absolute Gasteiger partial charge is 0.536 e. The molecule has 0 amide bonds. The number of carbonyl (C=O) groups excluding carboxylic acids is 1. The van der Waals surface area contributed by atoms with Crippen LogP contribution in [0.4, 0.5) is 0 Å². The molecular formula is C16H33BO4. The van der Waals surface area contributed by atoms with E-state index in [1.54, 1.807) is 13.8 Å². The van der Waals surface area contributed by atoms with Crippen LogP contribution in [-0.2, 0) is 14.2 Å². The second-order valence-corrected chi connectivity index (χ2v) is 8.23. The average molecular weight is 300 g/mol. The minimum Gasteiger partial charge on any atom is -0.536 e. The van der Waals surface area contributed by atoms with Crippen LogP contribution in [0, 0.1) is 11.3 Å². The van der Waals surface area contributed by atoms with E-state index in [1.807, 2.05) is 27.7 Å². The van der Waals surface area contributed by atoms with Crippen LogP contribution in [0.1, 0.15) is 68.2 Å². The number of hydrogen-bond donors (Lipinski definition) is 1. The minimum atomic E-state index is -0.744. The molecule has 0 radical (unpaired) electrons. The Hall–Kier alpha value is -0.545. The van der Waals surface area contributed by atoms with E-state index in [0.717, 1.165) is 6.42 Å². The number of hydrogen-bond acceptors (Lipinski definition) is 4. The number of rotatable bonds is 9. The van der Waals surface area contributed by atoms with Crippen LogP contribution in [0.15, 0.2) is 0 Å². The summed E-state index contributed by atoms with van der Waals surface area (Å²) in [5.74, 6) is 0.263. The van der Waals surface area contributed by atoms with Crippen molar-refractivity contribution >= 4 is 13.5 Å². The third-order valence-electron chi connectivity index (χ3n) is 3.23. The minimum absolute atomic E-state index is 0.185. The Morgan fingerprint density at radius 1 is 1.14 bits per heavy atom. The van der Waals surface area contributed by atoms with Gasteiger partial charge in [0.2, 0.25) is 0 Å². The maximum Gasteiger partial charge on any atom is 0.375 e. The van der Waals surface area contributed by atoms with Gasteiger partial charge in [-0.15, -0.1) is 0 Å². The third kappa shape index (κ3) is 9.91. The lowest BCUT2D eigenvalue weighted by Crippen LogP contribution is -2.39. The van der Waals surface area contributed by atoms with Gasteiger partial charge in [0, 0.05) is 6.61 Å². The van der Waals surface area contributed by atoms with Crippen LogP contribution in [0.25, 0.3) is 0 Å². The van der Waals surface area contributed by atoms with Gasteiger partial charge in [0.25, 0.3) is 5.97 Å². The monoisotopic (exact) mass is 300 g/mol. The molecule has 4 nitrogen and oxygen atoms in total. The average Bonchev–Trinajstić information content (AvgIpc) is 2.21. The molecule has 124 valence electrons. The van der Waals surface area contributed by atoms with Gasteiger partial charge in [0.1, 0.15) is 0 Å². The van der Waals surface area contributed by atoms with Gasteiger partial charge < -0.3 is 14.5 Å². The Bertz CT molecular complexity index is 330. The molecular weight excluding hydrogens is 267 g/mol. The zero-order valence-corrected chi connectivity index (χ0v) is 15.1. The zero-order chi connectivity index (χ0) is 16.9. The van der Waals surface area contributed by atoms with Gasteiger partial charge in [-0.2, -0.15) is 0 Å². The van der Waals surface area contributed by atoms with E-state index in [2.05, 4.69) is 13.8 Å². The summed E-state index contributed by atoms with van der Waals surface area (Å²) in [5.41, 5.74) is -1.77. The Kier molecular flexibility index (Phi) is 7.44. The molecule has 0 saturated carbocycles. The first kappa shape index (κ1) is 20.5. The number of aliphatic hydroxyl groups is 1. The second kappa shape index (κ2) is 7.64. The predicted octanol–water partition coefficient (Wildman–Crippen LogP) is 2.87. The zero-order valence-electron chi connectivity index (χ0n) is 15.1. The van der Waals surface area contributed by atoms with E-state index in [1.165, 1.54) is 0 Å². The van der Waals surface area contributed by atoms with Crippen LogP contribution in [0.3, 0.4) is 0 Å². The lowest BCUT2D eigenvalue weighted by molar-refractivity contribution is -0.145. The van der Waals surface area contributed by atoms with Crippen molar-refractivity contribution in [2.45, 2.75) is 79.3 Å². The Morgan fingerprint density at radius 2 is 1.67 bits per heavy atom. The van der Waals surface area contributed by atoms with Crippen molar-refractivity contribution in [3.05, 3.63) is 0 Å². The highest BCUT2D eigenvalue weighted by molar-refractivity contribution is 6.34. The topological polar surface area (TPSA) is 55.8 Å². The highest BCUT2D eigenvalue weighted by atomic mass is 16.5. The first-order chi connectivity index (χ1) is 9.25. The maximum absolute atomic E-state index is 12.2. The highest BCUT2D eigenvalue weighted by Gasteiger charge is 2.33. The van der Waals surface area contributed by atoms with E-state index in [-0.39, 0.29) is 13.5 Å². The summed E-state index contributed by atoms with van der Waals surface area (Å²) < 4.78 is 11.1. The number of carbonyl (C=O) groups is 1. The Morgan fingerprint density at radius 3 is 2.10 bits per heavy atom. The lowest BCUT2D eigenvalue weighted by Gasteiger charge is -2.29. The second-order valence-electron chi connectivity index (χ2n) is 8.23. The summed E-state index contributed by atoms with van der Waals surface area (Å²) >= 11 is 0. The smallest absolute Gasteiger partial charge is 0.375 e. The summed E-state index contributed by atoms with van der Waals surface area (Å²) in [4.78, 5) is 12.2. The summed E-state index contributed by atoms with van der Waals surface area (Å²) in [6.45, 7) is 15.7. The van der Waals surface area contributed by atoms with E-state index < -0.39 is 16.5 Å². The molecule has 0 aromatic heterocycles. The van der Waals surface area contributed by atoms with Crippen molar-refractivity contribution < 1.29 is 19.3 Å². The molecule has 0 aromatic rings. The molecule has 0 bridgehead atoms. The Labute approximate surface area is 130 Å². The van der Waals surface area contributed by atoms with Gasteiger partial charge in [0.05, 0.1) is 16.5 Å². The highest BCUT2D eigenvalue weighted by Crippen LogP contribution is 2.27. The SMILES string of the molecule is CC(C)CC(C)(C)C(=O)OBC(C)(C)OCCC(C)(C)O. The van der Waals surface area contributed by atoms with E-state index in [9.17, 15) is 9.90 Å². The summed E-state index contributed by atoms with van der Waals surface area (Å²) in [7, 11) is 0.221. The van der Waals surface area contributed by atoms with Gasteiger partial charge in [-0.1, -0.05) is 13.8 Å². The molecule has 0 rings (SSSR count). The first-order valence-corrected chi connectivity index (χ1v) is 7.79. The molecule has 0 spiro atoms. The molecule has 1 N–H and O–H groups in total. The molecule has 0 atom stereocenters. The summed E-state index contributed by atoms with van der Waals surface area (Å²) in [6, 6.07) is 0. The maximum atomic E-state index is 12.2. The fourth-order valence-corrected chi connectivity index (χ4v) is 2.16. The van der Waals surface area contributed by atoms with Crippen LogP contribution >= 0.6 is 0 Å². The fourth-order valence-electron chi connectivity index (χ4n) is 2.16. The van der Waals surface area contributed by atoms with Gasteiger partial charge >= 0.3 is 7.48 Å². The molecule has 21 heavy (non-hydrogen) atoms. The van der Waals surface area contributed by atoms with E-state index in [4.69, 9.17) is 9.39 Å². The van der Waals surface area contributed by atoms with Gasteiger partial charge in [-0.25, -0.2) is 0 Å². The molecule has 0 aliphatic heterocycles. The molecule has 0 aliphatic rings. The van der Waals surface area contributed by atoms with Crippen molar-refractivity contribution in [2.24, 2.45) is 11.3 Å². The Balaban J connectivity index is 4.26. The molecule has 0 fully saturated rings. The van der Waals surface area contributed by atoms with Gasteiger partial charge in [0.15, 0.2) is 0 Å². The third-order valence-corrected chi connectivity index (χ3v) is 3.23. The van der Waals surface area contributed by atoms with Crippen LogP contribution in [0.2, 0.25) is 0 Å². The molecule has 0 saturated heterocycles. The number of ether oxygens (including phenoxy) is 1. The molecule has 0 heterocycles. The van der Waals surface area contributed by atoms with Crippen LogP contribution in [0.5, 0.6) is 0 Å².